The Kier molecular flexibility index (Phi) is 6.04. The molecule has 142 valence electrons. The third-order valence-corrected chi connectivity index (χ3v) is 9.97. The van der Waals surface area contributed by atoms with Gasteiger partial charge in [0, 0.05) is 10.0 Å². The smallest absolute Gasteiger partial charge is 0.201 e. The van der Waals surface area contributed by atoms with E-state index in [1.807, 2.05) is 42.5 Å². The number of hydrogen-bond acceptors (Lipinski definition) is 1. The highest BCUT2D eigenvalue weighted by Gasteiger charge is 2.47. The van der Waals surface area contributed by atoms with Gasteiger partial charge >= 0.3 is 0 Å². The maximum atomic E-state index is 13.5. The zero-order valence-electron chi connectivity index (χ0n) is 15.9. The van der Waals surface area contributed by atoms with Gasteiger partial charge in [0.15, 0.2) is 0 Å². The van der Waals surface area contributed by atoms with Crippen LogP contribution in [0.3, 0.4) is 0 Å². The molecule has 0 aromatic heterocycles. The van der Waals surface area contributed by atoms with Gasteiger partial charge in [-0.05, 0) is 48.5 Å². The topological polar surface area (TPSA) is 17.1 Å². The lowest BCUT2D eigenvalue weighted by molar-refractivity contribution is 0.102. The number of carbonyl (C=O) groups excluding carboxylic acids is 1. The maximum absolute atomic E-state index is 13.5. The van der Waals surface area contributed by atoms with Crippen molar-refractivity contribution in [3.8, 4) is 0 Å². The van der Waals surface area contributed by atoms with Crippen LogP contribution >= 0.6 is 23.2 Å². The predicted molar refractivity (Wildman–Crippen MR) is 128 cm³/mol. The monoisotopic (exact) mass is 459 g/mol. The Morgan fingerprint density at radius 2 is 0.966 bits per heavy atom. The third kappa shape index (κ3) is 4.10. The van der Waals surface area contributed by atoms with Crippen LogP contribution in [0.25, 0.3) is 0 Å². The van der Waals surface area contributed by atoms with E-state index in [0.29, 0.717) is 6.16 Å². The molecule has 0 atom stereocenters. The molecule has 0 spiro atoms. The number of Topliss-reactive ketones (excluding diaryl/α,β-unsaturated/α-hetero) is 1. The molecule has 1 nitrogen and oxygen atoms in total. The number of rotatable bonds is 6. The second-order valence-corrected chi connectivity index (χ2v) is 11.3. The molecule has 0 heterocycles. The van der Waals surface area contributed by atoms with E-state index in [1.165, 1.54) is 15.9 Å². The summed E-state index contributed by atoms with van der Waals surface area (Å²) in [6.07, 6.45) is 0.465. The summed E-state index contributed by atoms with van der Waals surface area (Å²) in [7, 11) is -2.15. The lowest BCUT2D eigenvalue weighted by atomic mass is 10.2. The summed E-state index contributed by atoms with van der Waals surface area (Å²) in [6, 6.07) is 39.2. The Bertz CT molecular complexity index is 981. The fourth-order valence-electron chi connectivity index (χ4n) is 3.71. The quantitative estimate of drug-likeness (QED) is 0.270. The van der Waals surface area contributed by atoms with Crippen molar-refractivity contribution < 1.29 is 4.79 Å². The number of hydrogen-bond donors (Lipinski definition) is 0. The minimum absolute atomic E-state index is 0.169. The summed E-state index contributed by atoms with van der Waals surface area (Å²) in [5.74, 6) is 0.169. The second-order valence-electron chi connectivity index (χ2n) is 6.90. The average molecular weight is 460 g/mol. The van der Waals surface area contributed by atoms with Crippen molar-refractivity contribution >= 4 is 44.9 Å². The zero-order valence-corrected chi connectivity index (χ0v) is 18.4. The van der Waals surface area contributed by atoms with Crippen molar-refractivity contribution in [2.75, 3.05) is 6.16 Å². The van der Waals surface area contributed by atoms with Crippen LogP contribution in [-0.2, 0) is 0 Å². The van der Waals surface area contributed by atoms with Gasteiger partial charge in [-0.15, -0.1) is 0 Å². The normalized spacial score (nSPS) is 11.2. The molecular formula is C26H21BrOP+. The van der Waals surface area contributed by atoms with Crippen molar-refractivity contribution in [3.05, 3.63) is 125 Å². The van der Waals surface area contributed by atoms with Crippen LogP contribution in [0.5, 0.6) is 0 Å². The van der Waals surface area contributed by atoms with Crippen LogP contribution in [0.2, 0.25) is 0 Å². The van der Waals surface area contributed by atoms with Crippen LogP contribution in [0.1, 0.15) is 10.4 Å². The molecule has 4 aromatic rings. The molecule has 0 unspecified atom stereocenters. The molecule has 0 bridgehead atoms. The molecule has 0 saturated heterocycles. The lowest BCUT2D eigenvalue weighted by Crippen LogP contribution is -2.35. The first-order valence-corrected chi connectivity index (χ1v) is 12.3. The van der Waals surface area contributed by atoms with Crippen molar-refractivity contribution in [3.63, 3.8) is 0 Å². The molecule has 0 aliphatic heterocycles. The van der Waals surface area contributed by atoms with Crippen LogP contribution < -0.4 is 15.9 Å². The molecule has 0 N–H and O–H groups in total. The van der Waals surface area contributed by atoms with Gasteiger partial charge < -0.3 is 0 Å². The number of carbonyl (C=O) groups is 1. The highest BCUT2D eigenvalue weighted by Crippen LogP contribution is 2.55. The summed E-state index contributed by atoms with van der Waals surface area (Å²) in [5, 5.41) is 3.67. The molecule has 0 aliphatic carbocycles. The SMILES string of the molecule is O=C(C[P+](c1ccccc1)(c1ccccc1)c1ccccc1)c1ccc(Br)cc1. The third-order valence-electron chi connectivity index (χ3n) is 5.14. The van der Waals surface area contributed by atoms with Crippen molar-refractivity contribution in [1.82, 2.24) is 0 Å². The first-order valence-electron chi connectivity index (χ1n) is 9.54. The Morgan fingerprint density at radius 3 is 1.34 bits per heavy atom. The van der Waals surface area contributed by atoms with Gasteiger partial charge in [-0.3, -0.25) is 4.79 Å². The van der Waals surface area contributed by atoms with E-state index in [0.717, 1.165) is 10.0 Å². The summed E-state index contributed by atoms with van der Waals surface area (Å²) in [5.41, 5.74) is 0.750. The van der Waals surface area contributed by atoms with Crippen molar-refractivity contribution in [2.45, 2.75) is 0 Å². The highest BCUT2D eigenvalue weighted by atomic mass is 79.9. The fourth-order valence-corrected chi connectivity index (χ4v) is 8.07. The summed E-state index contributed by atoms with van der Waals surface area (Å²) >= 11 is 3.46. The van der Waals surface area contributed by atoms with Gasteiger partial charge in [0.25, 0.3) is 0 Å². The zero-order chi connectivity index (χ0) is 20.1. The number of ketones is 1. The predicted octanol–water partition coefficient (Wildman–Crippen LogP) is 5.63. The van der Waals surface area contributed by atoms with E-state index in [1.54, 1.807) is 0 Å². The maximum Gasteiger partial charge on any atom is 0.201 e. The minimum Gasteiger partial charge on any atom is -0.290 e. The average Bonchev–Trinajstić information content (AvgIpc) is 2.79. The van der Waals surface area contributed by atoms with Gasteiger partial charge in [0.1, 0.15) is 29.3 Å². The molecule has 4 aromatic carbocycles. The van der Waals surface area contributed by atoms with Gasteiger partial charge in [-0.1, -0.05) is 82.7 Å². The number of halogens is 1. The molecular weight excluding hydrogens is 439 g/mol. The minimum atomic E-state index is -2.15. The number of benzene rings is 4. The van der Waals surface area contributed by atoms with E-state index in [2.05, 4.69) is 88.7 Å². The molecule has 0 saturated carbocycles. The first-order chi connectivity index (χ1) is 14.2. The van der Waals surface area contributed by atoms with E-state index >= 15 is 0 Å². The summed E-state index contributed by atoms with van der Waals surface area (Å²) in [6.45, 7) is 0. The van der Waals surface area contributed by atoms with E-state index < -0.39 is 7.26 Å². The van der Waals surface area contributed by atoms with Gasteiger partial charge in [0.05, 0.1) is 0 Å². The van der Waals surface area contributed by atoms with Crippen molar-refractivity contribution in [1.29, 1.82) is 0 Å². The summed E-state index contributed by atoms with van der Waals surface area (Å²) < 4.78 is 0.976. The van der Waals surface area contributed by atoms with Crippen molar-refractivity contribution in [2.24, 2.45) is 0 Å². The molecule has 29 heavy (non-hydrogen) atoms. The van der Waals surface area contributed by atoms with Gasteiger partial charge in [-0.2, -0.15) is 0 Å². The molecule has 0 aliphatic rings. The Morgan fingerprint density at radius 1 is 0.586 bits per heavy atom. The molecule has 4 rings (SSSR count). The Hall–Kier alpha value is -2.54. The van der Waals surface area contributed by atoms with Crippen LogP contribution in [0, 0.1) is 0 Å². The standard InChI is InChI=1S/C26H21BrOP/c27-22-18-16-21(17-19-22)26(28)20-29(23-10-4-1-5-11-23,24-12-6-2-7-13-24)25-14-8-3-9-15-25/h1-19H,20H2/q+1. The largest absolute Gasteiger partial charge is 0.290 e. The van der Waals surface area contributed by atoms with Gasteiger partial charge in [0.2, 0.25) is 5.78 Å². The Labute approximate surface area is 180 Å². The van der Waals surface area contributed by atoms with E-state index in [4.69, 9.17) is 0 Å². The first kappa shape index (κ1) is 19.8. The molecule has 0 amide bonds. The summed E-state index contributed by atoms with van der Waals surface area (Å²) in [4.78, 5) is 13.5. The van der Waals surface area contributed by atoms with Crippen LogP contribution in [0.4, 0.5) is 0 Å². The molecule has 0 radical (unpaired) electrons. The molecule has 3 heteroatoms. The Balaban J connectivity index is 1.92. The van der Waals surface area contributed by atoms with E-state index in [9.17, 15) is 4.79 Å². The van der Waals surface area contributed by atoms with Crippen LogP contribution in [-0.4, -0.2) is 11.9 Å². The fraction of sp³-hybridized carbons (Fsp3) is 0.0385. The van der Waals surface area contributed by atoms with Crippen LogP contribution in [0.15, 0.2) is 120 Å². The van der Waals surface area contributed by atoms with E-state index in [-0.39, 0.29) is 5.78 Å². The van der Waals surface area contributed by atoms with Gasteiger partial charge in [-0.25, -0.2) is 0 Å². The second kappa shape index (κ2) is 8.86. The highest BCUT2D eigenvalue weighted by molar-refractivity contribution is 9.10. The molecule has 0 fully saturated rings. The lowest BCUT2D eigenvalue weighted by Gasteiger charge is -2.27.